The fraction of sp³-hybridized carbons (Fsp3) is 0.846. The zero-order valence-corrected chi connectivity index (χ0v) is 13.4. The second-order valence-electron chi connectivity index (χ2n) is 5.23. The molecule has 0 spiro atoms. The minimum Gasteiger partial charge on any atom is -0.480 e. The summed E-state index contributed by atoms with van der Waals surface area (Å²) in [5.74, 6) is -2.63. The number of hydrogen-bond donors (Lipinski definition) is 2. The van der Waals surface area contributed by atoms with Gasteiger partial charge in [0.2, 0.25) is 5.91 Å². The topological polar surface area (TPSA) is 101 Å². The molecule has 0 rings (SSSR count). The summed E-state index contributed by atoms with van der Waals surface area (Å²) in [5, 5.41) is 8.68. The first kappa shape index (κ1) is 18.9. The van der Waals surface area contributed by atoms with E-state index in [1.807, 2.05) is 6.92 Å². The summed E-state index contributed by atoms with van der Waals surface area (Å²) in [7, 11) is -4.05. The van der Waals surface area contributed by atoms with Gasteiger partial charge in [0.15, 0.2) is 15.1 Å². The van der Waals surface area contributed by atoms with Crippen LogP contribution in [0.4, 0.5) is 0 Å². The number of amides is 1. The van der Waals surface area contributed by atoms with Gasteiger partial charge in [0.1, 0.15) is 5.25 Å². The Morgan fingerprint density at radius 3 is 2.10 bits per heavy atom. The van der Waals surface area contributed by atoms with Crippen LogP contribution < -0.4 is 5.32 Å². The molecule has 0 heterocycles. The molecule has 0 aliphatic rings. The number of carbonyl (C=O) groups is 2. The van der Waals surface area contributed by atoms with Gasteiger partial charge in [-0.2, -0.15) is 0 Å². The summed E-state index contributed by atoms with van der Waals surface area (Å²) in [6, 6.07) is 0. The van der Waals surface area contributed by atoms with Crippen molar-refractivity contribution < 1.29 is 23.1 Å². The maximum atomic E-state index is 12.2. The van der Waals surface area contributed by atoms with E-state index in [0.29, 0.717) is 6.54 Å². The van der Waals surface area contributed by atoms with Gasteiger partial charge < -0.3 is 10.4 Å². The Morgan fingerprint density at radius 2 is 1.70 bits per heavy atom. The van der Waals surface area contributed by atoms with E-state index in [1.54, 1.807) is 0 Å². The van der Waals surface area contributed by atoms with Crippen molar-refractivity contribution in [1.82, 2.24) is 5.32 Å². The SMILES string of the molecule is CCCCCNC(=O)C(C)S(=O)(=O)C(C(=O)O)C(C)C. The fourth-order valence-electron chi connectivity index (χ4n) is 1.90. The summed E-state index contributed by atoms with van der Waals surface area (Å²) >= 11 is 0. The molecule has 0 saturated carbocycles. The summed E-state index contributed by atoms with van der Waals surface area (Å²) < 4.78 is 24.4. The third kappa shape index (κ3) is 5.11. The van der Waals surface area contributed by atoms with Crippen molar-refractivity contribution >= 4 is 21.7 Å². The van der Waals surface area contributed by atoms with Crippen LogP contribution in [0.5, 0.6) is 0 Å². The number of nitrogens with one attached hydrogen (secondary N) is 1. The van der Waals surface area contributed by atoms with Crippen LogP contribution in [-0.4, -0.2) is 42.4 Å². The molecule has 0 saturated heterocycles. The fourth-order valence-corrected chi connectivity index (χ4v) is 3.77. The zero-order chi connectivity index (χ0) is 15.9. The molecule has 0 aromatic heterocycles. The van der Waals surface area contributed by atoms with Gasteiger partial charge in [0, 0.05) is 6.54 Å². The molecule has 0 radical (unpaired) electrons. The Hall–Kier alpha value is -1.11. The van der Waals surface area contributed by atoms with E-state index >= 15 is 0 Å². The lowest BCUT2D eigenvalue weighted by atomic mass is 10.1. The van der Waals surface area contributed by atoms with Gasteiger partial charge in [0.05, 0.1) is 0 Å². The number of sulfone groups is 1. The Balaban J connectivity index is 4.83. The van der Waals surface area contributed by atoms with Crippen LogP contribution in [0, 0.1) is 5.92 Å². The van der Waals surface area contributed by atoms with E-state index in [-0.39, 0.29) is 0 Å². The number of carbonyl (C=O) groups excluding carboxylic acids is 1. The average molecular weight is 307 g/mol. The second kappa shape index (κ2) is 8.24. The molecule has 0 fully saturated rings. The molecular weight excluding hydrogens is 282 g/mol. The van der Waals surface area contributed by atoms with Crippen molar-refractivity contribution in [2.75, 3.05) is 6.54 Å². The molecule has 2 N–H and O–H groups in total. The molecule has 1 amide bonds. The van der Waals surface area contributed by atoms with Gasteiger partial charge in [-0.15, -0.1) is 0 Å². The number of hydrogen-bond acceptors (Lipinski definition) is 4. The van der Waals surface area contributed by atoms with E-state index in [1.165, 1.54) is 20.8 Å². The van der Waals surface area contributed by atoms with Gasteiger partial charge in [-0.05, 0) is 19.3 Å². The van der Waals surface area contributed by atoms with Crippen molar-refractivity contribution in [3.63, 3.8) is 0 Å². The molecule has 118 valence electrons. The Labute approximate surface area is 120 Å². The standard InChI is InChI=1S/C13H25NO5S/c1-5-6-7-8-14-12(15)10(4)20(18,19)11(9(2)3)13(16)17/h9-11H,5-8H2,1-4H3,(H,14,15)(H,16,17). The Morgan fingerprint density at radius 1 is 1.15 bits per heavy atom. The molecule has 2 atom stereocenters. The second-order valence-corrected chi connectivity index (χ2v) is 7.63. The smallest absolute Gasteiger partial charge is 0.322 e. The van der Waals surface area contributed by atoms with Gasteiger partial charge >= 0.3 is 5.97 Å². The van der Waals surface area contributed by atoms with Gasteiger partial charge in [-0.3, -0.25) is 9.59 Å². The Bertz CT molecular complexity index is 430. The predicted molar refractivity (Wildman–Crippen MR) is 77.2 cm³/mol. The molecule has 0 aromatic rings. The van der Waals surface area contributed by atoms with Crippen LogP contribution in [0.3, 0.4) is 0 Å². The number of unbranched alkanes of at least 4 members (excludes halogenated alkanes) is 2. The van der Waals surface area contributed by atoms with Crippen LogP contribution in [0.15, 0.2) is 0 Å². The maximum Gasteiger partial charge on any atom is 0.322 e. The Kier molecular flexibility index (Phi) is 7.78. The first-order chi connectivity index (χ1) is 9.16. The lowest BCUT2D eigenvalue weighted by Crippen LogP contribution is -2.46. The van der Waals surface area contributed by atoms with Crippen LogP contribution in [0.1, 0.15) is 47.0 Å². The van der Waals surface area contributed by atoms with E-state index in [0.717, 1.165) is 19.3 Å². The first-order valence-corrected chi connectivity index (χ1v) is 8.50. The number of rotatable bonds is 9. The van der Waals surface area contributed by atoms with Crippen LogP contribution in [0.25, 0.3) is 0 Å². The van der Waals surface area contributed by atoms with E-state index in [2.05, 4.69) is 5.32 Å². The summed E-state index contributed by atoms with van der Waals surface area (Å²) in [5.41, 5.74) is 0. The highest BCUT2D eigenvalue weighted by atomic mass is 32.2. The van der Waals surface area contributed by atoms with Gasteiger partial charge in [0.25, 0.3) is 0 Å². The molecule has 0 bridgehead atoms. The van der Waals surface area contributed by atoms with Crippen molar-refractivity contribution in [3.8, 4) is 0 Å². The summed E-state index contributed by atoms with van der Waals surface area (Å²) in [6.07, 6.45) is 2.73. The molecule has 2 unspecified atom stereocenters. The normalized spacial score (nSPS) is 14.8. The molecule has 20 heavy (non-hydrogen) atoms. The predicted octanol–water partition coefficient (Wildman–Crippen LogP) is 1.21. The largest absolute Gasteiger partial charge is 0.480 e. The summed E-state index contributed by atoms with van der Waals surface area (Å²) in [6.45, 7) is 6.70. The molecule has 0 aromatic carbocycles. The van der Waals surface area contributed by atoms with Crippen molar-refractivity contribution in [2.45, 2.75) is 57.5 Å². The van der Waals surface area contributed by atoms with Gasteiger partial charge in [-0.25, -0.2) is 8.42 Å². The van der Waals surface area contributed by atoms with Crippen LogP contribution >= 0.6 is 0 Å². The molecule has 0 aliphatic carbocycles. The first-order valence-electron chi connectivity index (χ1n) is 6.89. The molecule has 7 heteroatoms. The molecule has 0 aliphatic heterocycles. The highest BCUT2D eigenvalue weighted by molar-refractivity contribution is 7.94. The quantitative estimate of drug-likeness (QED) is 0.623. The number of carboxylic acid groups (broad SMARTS) is 1. The van der Waals surface area contributed by atoms with Crippen molar-refractivity contribution in [1.29, 1.82) is 0 Å². The van der Waals surface area contributed by atoms with E-state index in [4.69, 9.17) is 5.11 Å². The van der Waals surface area contributed by atoms with E-state index in [9.17, 15) is 18.0 Å². The average Bonchev–Trinajstić information content (AvgIpc) is 2.31. The highest BCUT2D eigenvalue weighted by Gasteiger charge is 2.41. The number of carboxylic acids is 1. The lowest BCUT2D eigenvalue weighted by Gasteiger charge is -2.21. The number of aliphatic carboxylic acids is 1. The highest BCUT2D eigenvalue weighted by Crippen LogP contribution is 2.18. The van der Waals surface area contributed by atoms with Crippen molar-refractivity contribution in [3.05, 3.63) is 0 Å². The minimum absolute atomic E-state index is 0.409. The molecular formula is C13H25NO5S. The third-order valence-electron chi connectivity index (χ3n) is 3.14. The summed E-state index contributed by atoms with van der Waals surface area (Å²) in [4.78, 5) is 22.9. The van der Waals surface area contributed by atoms with Crippen LogP contribution in [0.2, 0.25) is 0 Å². The van der Waals surface area contributed by atoms with Crippen LogP contribution in [-0.2, 0) is 19.4 Å². The maximum absolute atomic E-state index is 12.2. The molecule has 6 nitrogen and oxygen atoms in total. The van der Waals surface area contributed by atoms with Gasteiger partial charge in [-0.1, -0.05) is 33.6 Å². The lowest BCUT2D eigenvalue weighted by molar-refractivity contribution is -0.137. The monoisotopic (exact) mass is 307 g/mol. The van der Waals surface area contributed by atoms with E-state index < -0.39 is 38.1 Å². The minimum atomic E-state index is -4.05. The third-order valence-corrected chi connectivity index (χ3v) is 5.80. The van der Waals surface area contributed by atoms with Crippen molar-refractivity contribution in [2.24, 2.45) is 5.92 Å². The zero-order valence-electron chi connectivity index (χ0n) is 12.5.